The topological polar surface area (TPSA) is 55.8 Å². The SMILES string of the molecule is C=C(/C=C\C(=C)C(=O)O)OCC1(CC)COC1. The number of hydrogen-bond donors (Lipinski definition) is 1. The molecule has 1 aliphatic rings. The van der Waals surface area contributed by atoms with Crippen molar-refractivity contribution in [3.63, 3.8) is 0 Å². The Hall–Kier alpha value is -1.55. The van der Waals surface area contributed by atoms with Gasteiger partial charge in [-0.1, -0.05) is 20.1 Å². The second-order valence-electron chi connectivity index (χ2n) is 4.27. The number of carboxylic acids is 1. The number of carbonyl (C=O) groups is 1. The molecule has 0 amide bonds. The molecular weight excluding hydrogens is 220 g/mol. The third-order valence-electron chi connectivity index (χ3n) is 2.88. The Morgan fingerprint density at radius 2 is 2.12 bits per heavy atom. The van der Waals surface area contributed by atoms with E-state index in [0.29, 0.717) is 25.6 Å². The molecule has 0 radical (unpaired) electrons. The van der Waals surface area contributed by atoms with E-state index in [0.717, 1.165) is 6.42 Å². The molecule has 17 heavy (non-hydrogen) atoms. The smallest absolute Gasteiger partial charge is 0.335 e. The van der Waals surface area contributed by atoms with Crippen LogP contribution >= 0.6 is 0 Å². The highest BCUT2D eigenvalue weighted by atomic mass is 16.5. The summed E-state index contributed by atoms with van der Waals surface area (Å²) in [6.07, 6.45) is 3.88. The van der Waals surface area contributed by atoms with Crippen LogP contribution in [0.5, 0.6) is 0 Å². The molecule has 0 saturated carbocycles. The minimum Gasteiger partial charge on any atom is -0.493 e. The molecule has 1 saturated heterocycles. The Kier molecular flexibility index (Phi) is 4.52. The Balaban J connectivity index is 2.35. The van der Waals surface area contributed by atoms with Crippen molar-refractivity contribution in [2.75, 3.05) is 19.8 Å². The van der Waals surface area contributed by atoms with Crippen molar-refractivity contribution in [2.45, 2.75) is 13.3 Å². The summed E-state index contributed by atoms with van der Waals surface area (Å²) in [5, 5.41) is 8.60. The van der Waals surface area contributed by atoms with Gasteiger partial charge in [-0.15, -0.1) is 0 Å². The summed E-state index contributed by atoms with van der Waals surface area (Å²) in [4.78, 5) is 10.5. The fourth-order valence-corrected chi connectivity index (χ4v) is 1.34. The third kappa shape index (κ3) is 3.75. The number of allylic oxidation sites excluding steroid dienone is 1. The zero-order chi connectivity index (χ0) is 12.9. The molecular formula is C13H18O4. The maximum Gasteiger partial charge on any atom is 0.335 e. The molecule has 0 atom stereocenters. The molecule has 0 aromatic rings. The van der Waals surface area contributed by atoms with E-state index >= 15 is 0 Å². The van der Waals surface area contributed by atoms with Gasteiger partial charge in [-0.2, -0.15) is 0 Å². The van der Waals surface area contributed by atoms with Gasteiger partial charge in [0.15, 0.2) is 0 Å². The van der Waals surface area contributed by atoms with Gasteiger partial charge in [0.2, 0.25) is 0 Å². The van der Waals surface area contributed by atoms with E-state index in [2.05, 4.69) is 20.1 Å². The van der Waals surface area contributed by atoms with E-state index in [1.807, 2.05) is 0 Å². The van der Waals surface area contributed by atoms with Crippen molar-refractivity contribution in [3.8, 4) is 0 Å². The highest BCUT2D eigenvalue weighted by Crippen LogP contribution is 2.31. The Labute approximate surface area is 101 Å². The fraction of sp³-hybridized carbons (Fsp3) is 0.462. The molecule has 1 N–H and O–H groups in total. The first-order chi connectivity index (χ1) is 7.99. The lowest BCUT2D eigenvalue weighted by Crippen LogP contribution is -2.45. The van der Waals surface area contributed by atoms with Gasteiger partial charge in [-0.3, -0.25) is 0 Å². The Bertz CT molecular complexity index is 345. The molecule has 0 bridgehead atoms. The van der Waals surface area contributed by atoms with E-state index in [-0.39, 0.29) is 11.0 Å². The van der Waals surface area contributed by atoms with Crippen LogP contribution in [0.4, 0.5) is 0 Å². The predicted octanol–water partition coefficient (Wildman–Crippen LogP) is 2.14. The third-order valence-corrected chi connectivity index (χ3v) is 2.88. The summed E-state index contributed by atoms with van der Waals surface area (Å²) in [6, 6.07) is 0. The van der Waals surface area contributed by atoms with Crippen molar-refractivity contribution in [1.29, 1.82) is 0 Å². The number of ether oxygens (including phenoxy) is 2. The second kappa shape index (κ2) is 5.68. The van der Waals surface area contributed by atoms with Gasteiger partial charge < -0.3 is 14.6 Å². The van der Waals surface area contributed by atoms with Crippen LogP contribution < -0.4 is 0 Å². The van der Waals surface area contributed by atoms with E-state index < -0.39 is 5.97 Å². The van der Waals surface area contributed by atoms with Crippen LogP contribution in [0.25, 0.3) is 0 Å². The maximum atomic E-state index is 10.5. The summed E-state index contributed by atoms with van der Waals surface area (Å²) in [5.74, 6) is -0.612. The monoisotopic (exact) mass is 238 g/mol. The van der Waals surface area contributed by atoms with Crippen LogP contribution in [0.1, 0.15) is 13.3 Å². The van der Waals surface area contributed by atoms with Crippen LogP contribution in [0.2, 0.25) is 0 Å². The first-order valence-electron chi connectivity index (χ1n) is 5.49. The summed E-state index contributed by atoms with van der Waals surface area (Å²) >= 11 is 0. The molecule has 0 aliphatic carbocycles. The van der Waals surface area contributed by atoms with Gasteiger partial charge in [0.1, 0.15) is 5.76 Å². The van der Waals surface area contributed by atoms with Gasteiger partial charge in [0.05, 0.1) is 30.8 Å². The number of hydrogen-bond acceptors (Lipinski definition) is 3. The predicted molar refractivity (Wildman–Crippen MR) is 64.6 cm³/mol. The zero-order valence-corrected chi connectivity index (χ0v) is 10.1. The molecule has 1 fully saturated rings. The van der Waals surface area contributed by atoms with Crippen LogP contribution in [-0.4, -0.2) is 30.9 Å². The maximum absolute atomic E-state index is 10.5. The lowest BCUT2D eigenvalue weighted by Gasteiger charge is -2.40. The Morgan fingerprint density at radius 3 is 2.53 bits per heavy atom. The first-order valence-corrected chi connectivity index (χ1v) is 5.49. The summed E-state index contributed by atoms with van der Waals surface area (Å²) in [6.45, 7) is 11.1. The van der Waals surface area contributed by atoms with E-state index in [9.17, 15) is 4.79 Å². The average molecular weight is 238 g/mol. The van der Waals surface area contributed by atoms with Crippen molar-refractivity contribution >= 4 is 5.97 Å². The first kappa shape index (κ1) is 13.5. The van der Waals surface area contributed by atoms with E-state index in [1.165, 1.54) is 12.2 Å². The highest BCUT2D eigenvalue weighted by Gasteiger charge is 2.37. The van der Waals surface area contributed by atoms with E-state index in [4.69, 9.17) is 14.6 Å². The molecule has 1 rings (SSSR count). The Morgan fingerprint density at radius 1 is 1.47 bits per heavy atom. The number of aliphatic carboxylic acids is 1. The second-order valence-corrected chi connectivity index (χ2v) is 4.27. The molecule has 4 heteroatoms. The van der Waals surface area contributed by atoms with E-state index in [1.54, 1.807) is 0 Å². The molecule has 1 heterocycles. The van der Waals surface area contributed by atoms with Crippen molar-refractivity contribution < 1.29 is 19.4 Å². The van der Waals surface area contributed by atoms with Gasteiger partial charge in [0.25, 0.3) is 0 Å². The molecule has 0 aromatic heterocycles. The van der Waals surface area contributed by atoms with Crippen LogP contribution in [0.15, 0.2) is 36.6 Å². The van der Waals surface area contributed by atoms with Crippen LogP contribution in [0.3, 0.4) is 0 Å². The lowest BCUT2D eigenvalue weighted by atomic mass is 9.84. The quantitative estimate of drug-likeness (QED) is 0.419. The summed E-state index contributed by atoms with van der Waals surface area (Å²) in [7, 11) is 0. The fourth-order valence-electron chi connectivity index (χ4n) is 1.34. The van der Waals surface area contributed by atoms with Crippen molar-refractivity contribution in [3.05, 3.63) is 36.6 Å². The normalized spacial score (nSPS) is 17.5. The van der Waals surface area contributed by atoms with Crippen LogP contribution in [-0.2, 0) is 14.3 Å². The summed E-state index contributed by atoms with van der Waals surface area (Å²) < 4.78 is 10.6. The average Bonchev–Trinajstić information content (AvgIpc) is 2.24. The highest BCUT2D eigenvalue weighted by molar-refractivity contribution is 5.89. The number of rotatable bonds is 7. The van der Waals surface area contributed by atoms with Gasteiger partial charge in [-0.25, -0.2) is 4.79 Å². The van der Waals surface area contributed by atoms with Crippen LogP contribution in [0, 0.1) is 5.41 Å². The van der Waals surface area contributed by atoms with Crippen molar-refractivity contribution in [2.24, 2.45) is 5.41 Å². The minimum absolute atomic E-state index is 0.00642. The van der Waals surface area contributed by atoms with Gasteiger partial charge >= 0.3 is 5.97 Å². The van der Waals surface area contributed by atoms with Crippen molar-refractivity contribution in [1.82, 2.24) is 0 Å². The molecule has 0 unspecified atom stereocenters. The number of carboxylic acid groups (broad SMARTS) is 1. The summed E-state index contributed by atoms with van der Waals surface area (Å²) in [5.41, 5.74) is 0.104. The zero-order valence-electron chi connectivity index (χ0n) is 10.1. The van der Waals surface area contributed by atoms with Gasteiger partial charge in [0, 0.05) is 0 Å². The van der Waals surface area contributed by atoms with Gasteiger partial charge in [-0.05, 0) is 18.6 Å². The standard InChI is InChI=1S/C13H18O4/c1-4-13(7-16-8-13)9-17-11(3)6-5-10(2)12(14)15/h5-6H,2-4,7-9H2,1H3,(H,14,15)/b6-5-. The molecule has 94 valence electrons. The minimum atomic E-state index is -1.05. The molecule has 4 nitrogen and oxygen atoms in total. The molecule has 1 aliphatic heterocycles. The molecule has 0 spiro atoms. The lowest BCUT2D eigenvalue weighted by molar-refractivity contribution is -0.141. The largest absolute Gasteiger partial charge is 0.493 e. The molecule has 0 aromatic carbocycles.